The van der Waals surface area contributed by atoms with Crippen LogP contribution in [0.3, 0.4) is 0 Å². The Morgan fingerprint density at radius 3 is 2.53 bits per heavy atom. The molecule has 1 unspecified atom stereocenters. The van der Waals surface area contributed by atoms with Crippen LogP contribution in [0.15, 0.2) is 42.5 Å². The molecule has 1 N–H and O–H groups in total. The van der Waals surface area contributed by atoms with Gasteiger partial charge >= 0.3 is 0 Å². The fourth-order valence-corrected chi connectivity index (χ4v) is 5.73. The quantitative estimate of drug-likeness (QED) is 0.645. The minimum Gasteiger partial charge on any atom is -0.493 e. The van der Waals surface area contributed by atoms with Gasteiger partial charge in [0.25, 0.3) is 5.91 Å². The smallest absolute Gasteiger partial charge is 0.254 e. The van der Waals surface area contributed by atoms with Crippen LogP contribution < -0.4 is 4.74 Å². The zero-order chi connectivity index (χ0) is 25.1. The summed E-state index contributed by atoms with van der Waals surface area (Å²) in [5.74, 6) is 1.38. The van der Waals surface area contributed by atoms with Gasteiger partial charge in [-0.15, -0.1) is 0 Å². The first-order chi connectivity index (χ1) is 17.5. The van der Waals surface area contributed by atoms with E-state index in [1.807, 2.05) is 23.1 Å². The lowest BCUT2D eigenvalue weighted by Crippen LogP contribution is -2.46. The van der Waals surface area contributed by atoms with Gasteiger partial charge in [-0.1, -0.05) is 24.3 Å². The lowest BCUT2D eigenvalue weighted by molar-refractivity contribution is -0.130. The highest BCUT2D eigenvalue weighted by Gasteiger charge is 2.28. The molecule has 2 aromatic carbocycles. The van der Waals surface area contributed by atoms with Gasteiger partial charge in [0.05, 0.1) is 12.7 Å². The average molecular weight is 492 g/mol. The fourth-order valence-electron chi connectivity index (χ4n) is 5.73. The number of β-amino-alcohol motifs (C(OH)–C–C–N with tert-alkyl or cyclic N) is 1. The molecule has 1 saturated heterocycles. The van der Waals surface area contributed by atoms with E-state index < -0.39 is 6.10 Å². The Hall–Kier alpha value is -2.90. The zero-order valence-corrected chi connectivity index (χ0v) is 21.2. The first-order valence-electron chi connectivity index (χ1n) is 13.2. The molecule has 3 heterocycles. The number of rotatable bonds is 7. The van der Waals surface area contributed by atoms with Gasteiger partial charge in [-0.05, 0) is 66.5 Å². The van der Waals surface area contributed by atoms with Crippen molar-refractivity contribution in [2.45, 2.75) is 45.3 Å². The number of hydrogen-bond acceptors (Lipinski definition) is 5. The molecule has 1 fully saturated rings. The number of carbonyl (C=O) groups excluding carboxylic acids is 2. The number of hydrogen-bond donors (Lipinski definition) is 1. The summed E-state index contributed by atoms with van der Waals surface area (Å²) in [4.78, 5) is 30.6. The molecule has 0 saturated carbocycles. The number of amides is 2. The largest absolute Gasteiger partial charge is 0.493 e. The van der Waals surface area contributed by atoms with Gasteiger partial charge in [-0.2, -0.15) is 0 Å². The van der Waals surface area contributed by atoms with E-state index in [2.05, 4.69) is 29.2 Å². The van der Waals surface area contributed by atoms with Crippen molar-refractivity contribution in [1.82, 2.24) is 14.7 Å². The summed E-state index contributed by atoms with van der Waals surface area (Å²) in [5.41, 5.74) is 4.45. The summed E-state index contributed by atoms with van der Waals surface area (Å²) in [7, 11) is 0. The highest BCUT2D eigenvalue weighted by molar-refractivity contribution is 5.97. The van der Waals surface area contributed by atoms with Crippen molar-refractivity contribution in [3.8, 4) is 5.75 Å². The van der Waals surface area contributed by atoms with Gasteiger partial charge < -0.3 is 19.6 Å². The Morgan fingerprint density at radius 1 is 1.00 bits per heavy atom. The van der Waals surface area contributed by atoms with Crippen LogP contribution >= 0.6 is 0 Å². The SMILES string of the molecule is CC(=O)N1CCC(COc2ccc3c(c2)CCN(CC(O)CN2CCc4ccccc4C2)C3=O)CC1. The van der Waals surface area contributed by atoms with Crippen molar-refractivity contribution in [2.24, 2.45) is 5.92 Å². The highest BCUT2D eigenvalue weighted by atomic mass is 16.5. The molecule has 7 heteroatoms. The molecule has 192 valence electrons. The van der Waals surface area contributed by atoms with Crippen LogP contribution in [0.1, 0.15) is 46.8 Å². The molecule has 0 spiro atoms. The number of benzene rings is 2. The lowest BCUT2D eigenvalue weighted by atomic mass is 9.97. The summed E-state index contributed by atoms with van der Waals surface area (Å²) in [5, 5.41) is 10.8. The normalized spacial score (nSPS) is 19.6. The molecule has 36 heavy (non-hydrogen) atoms. The Morgan fingerprint density at radius 2 is 1.75 bits per heavy atom. The average Bonchev–Trinajstić information content (AvgIpc) is 2.89. The lowest BCUT2D eigenvalue weighted by Gasteiger charge is -2.34. The Bertz CT molecular complexity index is 1100. The van der Waals surface area contributed by atoms with Crippen molar-refractivity contribution in [3.63, 3.8) is 0 Å². The minimum absolute atomic E-state index is 0.0116. The monoisotopic (exact) mass is 491 g/mol. The maximum Gasteiger partial charge on any atom is 0.254 e. The van der Waals surface area contributed by atoms with E-state index in [-0.39, 0.29) is 11.8 Å². The first-order valence-corrected chi connectivity index (χ1v) is 13.2. The van der Waals surface area contributed by atoms with Crippen molar-refractivity contribution >= 4 is 11.8 Å². The van der Waals surface area contributed by atoms with Gasteiger partial charge in [-0.25, -0.2) is 0 Å². The van der Waals surface area contributed by atoms with Crippen molar-refractivity contribution in [1.29, 1.82) is 0 Å². The second-order valence-corrected chi connectivity index (χ2v) is 10.5. The van der Waals surface area contributed by atoms with Crippen LogP contribution in [-0.4, -0.2) is 83.6 Å². The molecule has 2 aromatic rings. The highest BCUT2D eigenvalue weighted by Crippen LogP contribution is 2.26. The molecule has 3 aliphatic rings. The topological polar surface area (TPSA) is 73.3 Å². The molecule has 3 aliphatic heterocycles. The maximum absolute atomic E-state index is 13.1. The number of piperidine rings is 1. The minimum atomic E-state index is -0.571. The number of carbonyl (C=O) groups is 2. The van der Waals surface area contributed by atoms with Crippen LogP contribution in [0.5, 0.6) is 5.75 Å². The van der Waals surface area contributed by atoms with E-state index in [0.29, 0.717) is 37.7 Å². The number of nitrogens with zero attached hydrogens (tertiary/aromatic N) is 3. The van der Waals surface area contributed by atoms with Crippen LogP contribution in [0, 0.1) is 5.92 Å². The number of aliphatic hydroxyl groups is 1. The summed E-state index contributed by atoms with van der Waals surface area (Å²) < 4.78 is 6.07. The van der Waals surface area contributed by atoms with E-state index in [1.54, 1.807) is 11.8 Å². The zero-order valence-electron chi connectivity index (χ0n) is 21.2. The van der Waals surface area contributed by atoms with E-state index in [1.165, 1.54) is 11.1 Å². The van der Waals surface area contributed by atoms with Gasteiger partial charge in [-0.3, -0.25) is 14.5 Å². The van der Waals surface area contributed by atoms with Crippen LogP contribution in [0.2, 0.25) is 0 Å². The van der Waals surface area contributed by atoms with Crippen LogP contribution in [0.4, 0.5) is 0 Å². The summed E-state index contributed by atoms with van der Waals surface area (Å²) in [6, 6.07) is 14.2. The van der Waals surface area contributed by atoms with Gasteiger partial charge in [0.1, 0.15) is 5.75 Å². The Labute approximate surface area is 213 Å². The standard InChI is InChI=1S/C29H37N3O4/c1-21(33)31-13-8-22(9-14-31)20-36-27-6-7-28-24(16-27)11-15-32(29(28)35)19-26(34)18-30-12-10-23-4-2-3-5-25(23)17-30/h2-7,16,22,26,34H,8-15,17-20H2,1H3. The van der Waals surface area contributed by atoms with Crippen LogP contribution in [-0.2, 0) is 24.2 Å². The second kappa shape index (κ2) is 11.0. The third-order valence-electron chi connectivity index (χ3n) is 7.90. The number of ether oxygens (including phenoxy) is 1. The molecule has 0 bridgehead atoms. The third-order valence-corrected chi connectivity index (χ3v) is 7.90. The predicted octanol–water partition coefficient (Wildman–Crippen LogP) is 2.74. The van der Waals surface area contributed by atoms with E-state index >= 15 is 0 Å². The van der Waals surface area contributed by atoms with Crippen molar-refractivity contribution in [2.75, 3.05) is 45.9 Å². The molecule has 0 aromatic heterocycles. The van der Waals surface area contributed by atoms with Crippen LogP contribution in [0.25, 0.3) is 0 Å². The molecule has 0 radical (unpaired) electrons. The summed E-state index contributed by atoms with van der Waals surface area (Å²) in [6.07, 6.45) is 3.12. The predicted molar refractivity (Wildman–Crippen MR) is 138 cm³/mol. The molecule has 1 atom stereocenters. The van der Waals surface area contributed by atoms with Crippen molar-refractivity contribution < 1.29 is 19.4 Å². The first kappa shape index (κ1) is 24.8. The van der Waals surface area contributed by atoms with Crippen molar-refractivity contribution in [3.05, 3.63) is 64.7 Å². The summed E-state index contributed by atoms with van der Waals surface area (Å²) >= 11 is 0. The number of aliphatic hydroxyl groups excluding tert-OH is 1. The van der Waals surface area contributed by atoms with Gasteiger partial charge in [0.2, 0.25) is 5.91 Å². The number of likely N-dealkylation sites (tertiary alicyclic amines) is 1. The fraction of sp³-hybridized carbons (Fsp3) is 0.517. The number of fused-ring (bicyclic) bond motifs is 2. The van der Waals surface area contributed by atoms with E-state index in [0.717, 1.165) is 63.2 Å². The Kier molecular flexibility index (Phi) is 7.58. The van der Waals surface area contributed by atoms with Gasteiger partial charge in [0, 0.05) is 58.3 Å². The molecule has 7 nitrogen and oxygen atoms in total. The third kappa shape index (κ3) is 5.73. The van der Waals surface area contributed by atoms with Gasteiger partial charge in [0.15, 0.2) is 0 Å². The summed E-state index contributed by atoms with van der Waals surface area (Å²) in [6.45, 7) is 7.18. The molecular weight excluding hydrogens is 454 g/mol. The molecule has 5 rings (SSSR count). The second-order valence-electron chi connectivity index (χ2n) is 10.5. The molecule has 0 aliphatic carbocycles. The maximum atomic E-state index is 13.1. The molecular formula is C29H37N3O4. The molecule has 2 amide bonds. The Balaban J connectivity index is 1.11. The van der Waals surface area contributed by atoms with E-state index in [4.69, 9.17) is 4.74 Å². The van der Waals surface area contributed by atoms with E-state index in [9.17, 15) is 14.7 Å².